The lowest BCUT2D eigenvalue weighted by atomic mass is 10.1. The van der Waals surface area contributed by atoms with Gasteiger partial charge in [0, 0.05) is 54.7 Å². The van der Waals surface area contributed by atoms with E-state index in [0.717, 1.165) is 18.8 Å². The molecule has 4 heterocycles. The number of aromatic nitrogens is 4. The number of rotatable bonds is 3. The molecule has 0 bridgehead atoms. The lowest BCUT2D eigenvalue weighted by Crippen LogP contribution is -2.54. The summed E-state index contributed by atoms with van der Waals surface area (Å²) in [6, 6.07) is 5.39. The Balaban J connectivity index is 1.53. The lowest BCUT2D eigenvalue weighted by molar-refractivity contribution is 0.407. The molecule has 9 heteroatoms. The fourth-order valence-corrected chi connectivity index (χ4v) is 4.36. The van der Waals surface area contributed by atoms with Crippen LogP contribution in [0.3, 0.4) is 0 Å². The molecule has 0 amide bonds. The van der Waals surface area contributed by atoms with Gasteiger partial charge in [0.15, 0.2) is 17.3 Å². The van der Waals surface area contributed by atoms with Gasteiger partial charge >= 0.3 is 0 Å². The Labute approximate surface area is 178 Å². The van der Waals surface area contributed by atoms with Crippen molar-refractivity contribution in [1.29, 1.82) is 0 Å². The van der Waals surface area contributed by atoms with Crippen molar-refractivity contribution < 1.29 is 8.78 Å². The van der Waals surface area contributed by atoms with Crippen molar-refractivity contribution in [1.82, 2.24) is 24.9 Å². The number of imidazole rings is 1. The maximum absolute atomic E-state index is 15.3. The number of anilines is 3. The minimum Gasteiger partial charge on any atom is -0.368 e. The summed E-state index contributed by atoms with van der Waals surface area (Å²) in [5.41, 5.74) is 2.18. The number of pyridine rings is 1. The molecule has 1 saturated heterocycles. The summed E-state index contributed by atoms with van der Waals surface area (Å²) in [5, 5.41) is 15.6. The summed E-state index contributed by atoms with van der Waals surface area (Å²) in [7, 11) is 0. The molecule has 1 aliphatic rings. The predicted molar refractivity (Wildman–Crippen MR) is 117 cm³/mol. The minimum absolute atomic E-state index is 0.235. The standard InChI is InChI=1S/C22H23F2N7/c1-12-8-30(9-13(2)26-12)17-4-15-7-25-29-21(20(15)18(23)6-17)28-16-5-19(24)22-27-14(3)10-31(22)11-16/h4-7,10-13,26H,8-9H2,1-3H3,(H,28,29)/t12-,13-/m1/s1. The second kappa shape index (κ2) is 7.42. The second-order valence-corrected chi connectivity index (χ2v) is 8.27. The molecule has 0 unspecified atom stereocenters. The molecule has 1 aromatic carbocycles. The van der Waals surface area contributed by atoms with Crippen LogP contribution in [0.15, 0.2) is 36.8 Å². The predicted octanol–water partition coefficient (Wildman–Crippen LogP) is 3.79. The van der Waals surface area contributed by atoms with Crippen LogP contribution >= 0.6 is 0 Å². The lowest BCUT2D eigenvalue weighted by Gasteiger charge is -2.37. The van der Waals surface area contributed by atoms with E-state index in [2.05, 4.69) is 44.6 Å². The number of hydrogen-bond acceptors (Lipinski definition) is 6. The van der Waals surface area contributed by atoms with E-state index in [-0.39, 0.29) is 11.5 Å². The molecule has 4 aromatic rings. The van der Waals surface area contributed by atoms with Crippen LogP contribution < -0.4 is 15.5 Å². The van der Waals surface area contributed by atoms with E-state index in [1.54, 1.807) is 29.9 Å². The zero-order valence-electron chi connectivity index (χ0n) is 17.5. The third-order valence-corrected chi connectivity index (χ3v) is 5.51. The molecule has 3 aromatic heterocycles. The molecule has 7 nitrogen and oxygen atoms in total. The maximum atomic E-state index is 15.3. The number of fused-ring (bicyclic) bond motifs is 2. The zero-order valence-corrected chi connectivity index (χ0v) is 17.5. The van der Waals surface area contributed by atoms with Crippen LogP contribution in [0, 0.1) is 18.6 Å². The average Bonchev–Trinajstić information content (AvgIpc) is 3.08. The van der Waals surface area contributed by atoms with Crippen molar-refractivity contribution in [2.75, 3.05) is 23.3 Å². The van der Waals surface area contributed by atoms with Crippen LogP contribution in [0.2, 0.25) is 0 Å². The Bertz CT molecular complexity index is 1280. The first-order valence-electron chi connectivity index (χ1n) is 10.2. The highest BCUT2D eigenvalue weighted by atomic mass is 19.1. The largest absolute Gasteiger partial charge is 0.368 e. The van der Waals surface area contributed by atoms with Gasteiger partial charge in [0.1, 0.15) is 5.82 Å². The Morgan fingerprint density at radius 3 is 2.61 bits per heavy atom. The SMILES string of the molecule is Cc1cn2cc(Nc3nncc4cc(N5C[C@@H](C)N[C@H](C)C5)cc(F)c34)cc(F)c2n1. The summed E-state index contributed by atoms with van der Waals surface area (Å²) >= 11 is 0. The number of halogens is 2. The molecular weight excluding hydrogens is 400 g/mol. The van der Waals surface area contributed by atoms with Crippen molar-refractivity contribution in [3.8, 4) is 0 Å². The van der Waals surface area contributed by atoms with Crippen molar-refractivity contribution in [2.24, 2.45) is 0 Å². The Morgan fingerprint density at radius 1 is 1.06 bits per heavy atom. The third kappa shape index (κ3) is 3.65. The molecular formula is C22H23F2N7. The van der Waals surface area contributed by atoms with Crippen LogP contribution in [0.4, 0.5) is 26.0 Å². The smallest absolute Gasteiger partial charge is 0.173 e. The van der Waals surface area contributed by atoms with Crippen LogP contribution in [-0.2, 0) is 0 Å². The van der Waals surface area contributed by atoms with Crippen molar-refractivity contribution in [3.63, 3.8) is 0 Å². The average molecular weight is 423 g/mol. The molecule has 2 atom stereocenters. The minimum atomic E-state index is -0.476. The van der Waals surface area contributed by atoms with Crippen LogP contribution in [0.1, 0.15) is 19.5 Å². The van der Waals surface area contributed by atoms with E-state index in [9.17, 15) is 4.39 Å². The Kier molecular flexibility index (Phi) is 4.70. The van der Waals surface area contributed by atoms with Gasteiger partial charge in [-0.15, -0.1) is 5.10 Å². The highest BCUT2D eigenvalue weighted by Crippen LogP contribution is 2.31. The normalized spacial score (nSPS) is 19.3. The van der Waals surface area contributed by atoms with Crippen LogP contribution in [-0.4, -0.2) is 44.8 Å². The van der Waals surface area contributed by atoms with Crippen LogP contribution in [0.25, 0.3) is 16.4 Å². The second-order valence-electron chi connectivity index (χ2n) is 8.27. The van der Waals surface area contributed by atoms with Crippen LogP contribution in [0.5, 0.6) is 0 Å². The summed E-state index contributed by atoms with van der Waals surface area (Å²) < 4.78 is 31.3. The summed E-state index contributed by atoms with van der Waals surface area (Å²) in [6.45, 7) is 7.62. The van der Waals surface area contributed by atoms with E-state index < -0.39 is 11.6 Å². The molecule has 0 radical (unpaired) electrons. The Morgan fingerprint density at radius 2 is 1.84 bits per heavy atom. The van der Waals surface area contributed by atoms with Gasteiger partial charge in [-0.05, 0) is 32.9 Å². The number of nitrogens with one attached hydrogen (secondary N) is 2. The molecule has 1 aliphatic heterocycles. The molecule has 31 heavy (non-hydrogen) atoms. The fraction of sp³-hybridized carbons (Fsp3) is 0.318. The molecule has 0 spiro atoms. The van der Waals surface area contributed by atoms with Gasteiger partial charge in [-0.2, -0.15) is 5.10 Å². The van der Waals surface area contributed by atoms with E-state index in [0.29, 0.717) is 34.2 Å². The first-order chi connectivity index (χ1) is 14.9. The van der Waals surface area contributed by atoms with Gasteiger partial charge in [0.05, 0.1) is 23.0 Å². The van der Waals surface area contributed by atoms with Gasteiger partial charge in [0.2, 0.25) is 0 Å². The molecule has 0 saturated carbocycles. The van der Waals surface area contributed by atoms with E-state index in [1.807, 2.05) is 6.07 Å². The highest BCUT2D eigenvalue weighted by Gasteiger charge is 2.23. The zero-order chi connectivity index (χ0) is 21.7. The number of benzene rings is 1. The van der Waals surface area contributed by atoms with Gasteiger partial charge in [0.25, 0.3) is 0 Å². The van der Waals surface area contributed by atoms with Crippen molar-refractivity contribution in [3.05, 3.63) is 54.1 Å². The van der Waals surface area contributed by atoms with Gasteiger partial charge in [-0.1, -0.05) is 0 Å². The van der Waals surface area contributed by atoms with Crippen molar-refractivity contribution >= 4 is 33.6 Å². The summed E-state index contributed by atoms with van der Waals surface area (Å²) in [6.07, 6.45) is 4.96. The number of aryl methyl sites for hydroxylation is 1. The summed E-state index contributed by atoms with van der Waals surface area (Å²) in [4.78, 5) is 6.33. The summed E-state index contributed by atoms with van der Waals surface area (Å²) in [5.74, 6) is -0.640. The van der Waals surface area contributed by atoms with E-state index in [1.165, 1.54) is 12.1 Å². The topological polar surface area (TPSA) is 70.4 Å². The first kappa shape index (κ1) is 19.6. The van der Waals surface area contributed by atoms with Crippen molar-refractivity contribution in [2.45, 2.75) is 32.9 Å². The first-order valence-corrected chi connectivity index (χ1v) is 10.2. The third-order valence-electron chi connectivity index (χ3n) is 5.51. The van der Waals surface area contributed by atoms with E-state index >= 15 is 4.39 Å². The fourth-order valence-electron chi connectivity index (χ4n) is 4.36. The van der Waals surface area contributed by atoms with E-state index in [4.69, 9.17) is 0 Å². The molecule has 160 valence electrons. The van der Waals surface area contributed by atoms with Gasteiger partial charge < -0.3 is 19.9 Å². The molecule has 5 rings (SSSR count). The number of nitrogens with zero attached hydrogens (tertiary/aromatic N) is 5. The molecule has 0 aliphatic carbocycles. The Hall–Kier alpha value is -3.33. The monoisotopic (exact) mass is 423 g/mol. The highest BCUT2D eigenvalue weighted by molar-refractivity contribution is 5.95. The number of piperazine rings is 1. The molecule has 1 fully saturated rings. The maximum Gasteiger partial charge on any atom is 0.173 e. The number of hydrogen-bond donors (Lipinski definition) is 2. The molecule has 2 N–H and O–H groups in total. The van der Waals surface area contributed by atoms with Gasteiger partial charge in [-0.3, -0.25) is 0 Å². The quantitative estimate of drug-likeness (QED) is 0.523. The van der Waals surface area contributed by atoms with Gasteiger partial charge in [-0.25, -0.2) is 13.8 Å².